The molecule has 20 heavy (non-hydrogen) atoms. The Morgan fingerprint density at radius 1 is 1.25 bits per heavy atom. The molecule has 2 heterocycles. The van der Waals surface area contributed by atoms with Gasteiger partial charge < -0.3 is 9.88 Å². The summed E-state index contributed by atoms with van der Waals surface area (Å²) in [5, 5.41) is 9.86. The summed E-state index contributed by atoms with van der Waals surface area (Å²) in [7, 11) is 0. The van der Waals surface area contributed by atoms with Gasteiger partial charge in [-0.15, -0.1) is 0 Å². The highest BCUT2D eigenvalue weighted by atomic mass is 16.1. The molecule has 2 aromatic rings. The Labute approximate surface area is 119 Å². The van der Waals surface area contributed by atoms with Gasteiger partial charge in [0.25, 0.3) is 0 Å². The number of carbonyl (C=O) groups is 1. The highest BCUT2D eigenvalue weighted by Crippen LogP contribution is 2.16. The third kappa shape index (κ3) is 3.98. The summed E-state index contributed by atoms with van der Waals surface area (Å²) in [4.78, 5) is 11.8. The van der Waals surface area contributed by atoms with Crippen LogP contribution in [0, 0.1) is 13.8 Å². The van der Waals surface area contributed by atoms with Crippen molar-refractivity contribution in [2.75, 3.05) is 5.32 Å². The van der Waals surface area contributed by atoms with Crippen LogP contribution in [0.5, 0.6) is 0 Å². The first-order chi connectivity index (χ1) is 9.66. The van der Waals surface area contributed by atoms with Gasteiger partial charge in [0, 0.05) is 25.4 Å². The Kier molecular flexibility index (Phi) is 4.98. The lowest BCUT2D eigenvalue weighted by molar-refractivity contribution is -0.116. The fourth-order valence-corrected chi connectivity index (χ4v) is 2.21. The van der Waals surface area contributed by atoms with E-state index in [9.17, 15) is 4.79 Å². The number of anilines is 1. The number of H-pyrrole nitrogens is 1. The summed E-state index contributed by atoms with van der Waals surface area (Å²) in [6, 6.07) is 4.06. The molecule has 0 saturated heterocycles. The van der Waals surface area contributed by atoms with Crippen LogP contribution < -0.4 is 5.32 Å². The molecule has 0 unspecified atom stereocenters. The molecule has 2 N–H and O–H groups in total. The van der Waals surface area contributed by atoms with Crippen LogP contribution in [0.1, 0.15) is 37.1 Å². The Balaban J connectivity index is 1.63. The monoisotopic (exact) mass is 274 g/mol. The summed E-state index contributed by atoms with van der Waals surface area (Å²) < 4.78 is 2.16. The van der Waals surface area contributed by atoms with Crippen molar-refractivity contribution in [3.63, 3.8) is 0 Å². The van der Waals surface area contributed by atoms with Crippen LogP contribution in [0.25, 0.3) is 0 Å². The van der Waals surface area contributed by atoms with Gasteiger partial charge in [-0.25, -0.2) is 0 Å². The lowest BCUT2D eigenvalue weighted by Crippen LogP contribution is -2.12. The highest BCUT2D eigenvalue weighted by Gasteiger charge is 2.09. The van der Waals surface area contributed by atoms with E-state index >= 15 is 0 Å². The number of carbonyl (C=O) groups excluding carboxylic acids is 1. The van der Waals surface area contributed by atoms with Gasteiger partial charge in [0.15, 0.2) is 0 Å². The minimum absolute atomic E-state index is 0.0681. The summed E-state index contributed by atoms with van der Waals surface area (Å²) >= 11 is 0. The summed E-state index contributed by atoms with van der Waals surface area (Å²) in [5.41, 5.74) is 2.56. The SMILES string of the molecule is Cc1n[nH]c(C)c1NC(=O)CCCCCn1cccc1. The van der Waals surface area contributed by atoms with Crippen molar-refractivity contribution < 1.29 is 4.79 Å². The van der Waals surface area contributed by atoms with Crippen LogP contribution in [0.2, 0.25) is 0 Å². The maximum absolute atomic E-state index is 11.8. The maximum Gasteiger partial charge on any atom is 0.224 e. The fraction of sp³-hybridized carbons (Fsp3) is 0.467. The molecule has 0 aliphatic rings. The van der Waals surface area contributed by atoms with Crippen molar-refractivity contribution in [1.29, 1.82) is 0 Å². The number of amides is 1. The molecule has 0 radical (unpaired) electrons. The molecule has 108 valence electrons. The van der Waals surface area contributed by atoms with Crippen LogP contribution in [-0.2, 0) is 11.3 Å². The van der Waals surface area contributed by atoms with Crippen LogP contribution in [-0.4, -0.2) is 20.7 Å². The van der Waals surface area contributed by atoms with Crippen LogP contribution >= 0.6 is 0 Å². The second-order valence-corrected chi connectivity index (χ2v) is 5.09. The first-order valence-corrected chi connectivity index (χ1v) is 7.09. The number of hydrogen-bond donors (Lipinski definition) is 2. The zero-order valence-electron chi connectivity index (χ0n) is 12.1. The molecule has 0 spiro atoms. The quantitative estimate of drug-likeness (QED) is 0.762. The van der Waals surface area contributed by atoms with Gasteiger partial charge in [-0.3, -0.25) is 9.89 Å². The average Bonchev–Trinajstić information content (AvgIpc) is 3.04. The lowest BCUT2D eigenvalue weighted by Gasteiger charge is -2.06. The number of rotatable bonds is 7. The Hall–Kier alpha value is -2.04. The molecular formula is C15H22N4O. The van der Waals surface area contributed by atoms with Crippen molar-refractivity contribution in [2.45, 2.75) is 46.1 Å². The second kappa shape index (κ2) is 6.93. The maximum atomic E-state index is 11.8. The van der Waals surface area contributed by atoms with Gasteiger partial charge in [0.05, 0.1) is 17.1 Å². The molecule has 2 rings (SSSR count). The molecule has 5 nitrogen and oxygen atoms in total. The Bertz CT molecular complexity index is 523. The molecule has 0 fully saturated rings. The van der Waals surface area contributed by atoms with Crippen molar-refractivity contribution in [1.82, 2.24) is 14.8 Å². The van der Waals surface area contributed by atoms with Crippen molar-refractivity contribution in [2.24, 2.45) is 0 Å². The minimum atomic E-state index is 0.0681. The third-order valence-electron chi connectivity index (χ3n) is 3.38. The van der Waals surface area contributed by atoms with E-state index in [4.69, 9.17) is 0 Å². The number of unbranched alkanes of at least 4 members (excludes halogenated alkanes) is 2. The van der Waals surface area contributed by atoms with Crippen molar-refractivity contribution in [3.05, 3.63) is 35.9 Å². The minimum Gasteiger partial charge on any atom is -0.354 e. The van der Waals surface area contributed by atoms with E-state index in [-0.39, 0.29) is 5.91 Å². The molecule has 0 saturated carbocycles. The fourth-order valence-electron chi connectivity index (χ4n) is 2.21. The highest BCUT2D eigenvalue weighted by molar-refractivity contribution is 5.91. The summed E-state index contributed by atoms with van der Waals surface area (Å²) in [5.74, 6) is 0.0681. The molecular weight excluding hydrogens is 252 g/mol. The van der Waals surface area contributed by atoms with E-state index in [2.05, 4.69) is 32.5 Å². The molecule has 1 amide bonds. The molecule has 0 aliphatic heterocycles. The number of aromatic nitrogens is 3. The molecule has 0 bridgehead atoms. The topological polar surface area (TPSA) is 62.7 Å². The number of hydrogen-bond acceptors (Lipinski definition) is 2. The second-order valence-electron chi connectivity index (χ2n) is 5.09. The largest absolute Gasteiger partial charge is 0.354 e. The summed E-state index contributed by atoms with van der Waals surface area (Å²) in [6.45, 7) is 4.82. The van der Waals surface area contributed by atoms with Crippen LogP contribution in [0.15, 0.2) is 24.5 Å². The predicted octanol–water partition coefficient (Wildman–Crippen LogP) is 3.03. The van der Waals surface area contributed by atoms with Gasteiger partial charge in [0.1, 0.15) is 0 Å². The average molecular weight is 274 g/mol. The molecule has 2 aromatic heterocycles. The van der Waals surface area contributed by atoms with E-state index in [1.807, 2.05) is 26.0 Å². The zero-order chi connectivity index (χ0) is 14.4. The van der Waals surface area contributed by atoms with Gasteiger partial charge in [-0.05, 0) is 38.8 Å². The molecule has 0 aromatic carbocycles. The number of nitrogens with one attached hydrogen (secondary N) is 2. The van der Waals surface area contributed by atoms with Crippen molar-refractivity contribution >= 4 is 11.6 Å². The van der Waals surface area contributed by atoms with E-state index in [1.54, 1.807) is 0 Å². The van der Waals surface area contributed by atoms with Gasteiger partial charge in [-0.2, -0.15) is 5.10 Å². The zero-order valence-corrected chi connectivity index (χ0v) is 12.1. The normalized spacial score (nSPS) is 10.7. The molecule has 5 heteroatoms. The van der Waals surface area contributed by atoms with Crippen LogP contribution in [0.3, 0.4) is 0 Å². The van der Waals surface area contributed by atoms with E-state index in [1.165, 1.54) is 0 Å². The van der Waals surface area contributed by atoms with Gasteiger partial charge in [-0.1, -0.05) is 6.42 Å². The van der Waals surface area contributed by atoms with E-state index < -0.39 is 0 Å². The Morgan fingerprint density at radius 2 is 2.00 bits per heavy atom. The van der Waals surface area contributed by atoms with Crippen molar-refractivity contribution in [3.8, 4) is 0 Å². The molecule has 0 atom stereocenters. The van der Waals surface area contributed by atoms with Crippen LogP contribution in [0.4, 0.5) is 5.69 Å². The standard InChI is InChI=1S/C15H22N4O/c1-12-15(13(2)18-17-12)16-14(20)8-4-3-5-9-19-10-6-7-11-19/h6-7,10-11H,3-5,8-9H2,1-2H3,(H,16,20)(H,17,18). The number of aromatic amines is 1. The first kappa shape index (κ1) is 14.4. The smallest absolute Gasteiger partial charge is 0.224 e. The Morgan fingerprint density at radius 3 is 2.65 bits per heavy atom. The first-order valence-electron chi connectivity index (χ1n) is 7.09. The van der Waals surface area contributed by atoms with E-state index in [0.29, 0.717) is 6.42 Å². The number of aryl methyl sites for hydroxylation is 3. The predicted molar refractivity (Wildman–Crippen MR) is 79.6 cm³/mol. The summed E-state index contributed by atoms with van der Waals surface area (Å²) in [6.07, 6.45) is 7.79. The van der Waals surface area contributed by atoms with Gasteiger partial charge >= 0.3 is 0 Å². The van der Waals surface area contributed by atoms with Gasteiger partial charge in [0.2, 0.25) is 5.91 Å². The third-order valence-corrected chi connectivity index (χ3v) is 3.38. The lowest BCUT2D eigenvalue weighted by atomic mass is 10.2. The number of nitrogens with zero attached hydrogens (tertiary/aromatic N) is 2. The van der Waals surface area contributed by atoms with E-state index in [0.717, 1.165) is 42.9 Å². The molecule has 0 aliphatic carbocycles.